The predicted molar refractivity (Wildman–Crippen MR) is 65.1 cm³/mol. The number of morpholine rings is 1. The molecule has 3 rings (SSSR count). The van der Waals surface area contributed by atoms with Crippen molar-refractivity contribution in [1.29, 1.82) is 0 Å². The van der Waals surface area contributed by atoms with E-state index in [-0.39, 0.29) is 0 Å². The number of methoxy groups -OCH3 is 1. The van der Waals surface area contributed by atoms with Gasteiger partial charge < -0.3 is 20.2 Å². The minimum atomic E-state index is 0.380. The number of anilines is 1. The van der Waals surface area contributed by atoms with Gasteiger partial charge in [-0.1, -0.05) is 0 Å². The zero-order chi connectivity index (χ0) is 12.5. The lowest BCUT2D eigenvalue weighted by atomic mass is 10.5. The predicted octanol–water partition coefficient (Wildman–Crippen LogP) is -0.615. The summed E-state index contributed by atoms with van der Waals surface area (Å²) in [5.74, 6) is 0.810. The van der Waals surface area contributed by atoms with Crippen LogP contribution in [0.3, 0.4) is 0 Å². The fraction of sp³-hybridized carbons (Fsp3) is 0.500. The van der Waals surface area contributed by atoms with E-state index < -0.39 is 0 Å². The Morgan fingerprint density at radius 2 is 2.11 bits per heavy atom. The van der Waals surface area contributed by atoms with Crippen molar-refractivity contribution in [3.05, 3.63) is 6.33 Å². The first-order valence-electron chi connectivity index (χ1n) is 5.67. The van der Waals surface area contributed by atoms with Crippen molar-refractivity contribution in [2.75, 3.05) is 44.2 Å². The average Bonchev–Trinajstić information content (AvgIpc) is 2.75. The largest absolute Gasteiger partial charge is 0.479 e. The standard InChI is InChI=1S/C10H14N6O2/c1-17-9-7-8(12-6-13-9)16(10(11)14-7)15-2-4-18-5-3-15/h6H,2-5H2,1H3,(H2,11,14). The molecule has 0 aliphatic carbocycles. The molecule has 0 aromatic carbocycles. The highest BCUT2D eigenvalue weighted by Crippen LogP contribution is 2.23. The van der Waals surface area contributed by atoms with Gasteiger partial charge in [0.1, 0.15) is 6.33 Å². The van der Waals surface area contributed by atoms with E-state index in [0.717, 1.165) is 13.1 Å². The molecule has 8 heteroatoms. The zero-order valence-corrected chi connectivity index (χ0v) is 10.0. The van der Waals surface area contributed by atoms with Crippen molar-refractivity contribution in [1.82, 2.24) is 19.6 Å². The van der Waals surface area contributed by atoms with E-state index in [9.17, 15) is 0 Å². The maximum atomic E-state index is 5.95. The third-order valence-corrected chi connectivity index (χ3v) is 2.88. The van der Waals surface area contributed by atoms with E-state index in [0.29, 0.717) is 36.2 Å². The molecule has 1 aliphatic heterocycles. The van der Waals surface area contributed by atoms with Crippen LogP contribution in [0.1, 0.15) is 0 Å². The number of fused-ring (bicyclic) bond motifs is 1. The fourth-order valence-electron chi connectivity index (χ4n) is 2.06. The monoisotopic (exact) mass is 250 g/mol. The molecule has 0 bridgehead atoms. The van der Waals surface area contributed by atoms with Crippen molar-refractivity contribution in [2.24, 2.45) is 0 Å². The molecule has 2 aromatic heterocycles. The molecule has 0 saturated carbocycles. The van der Waals surface area contributed by atoms with Crippen LogP contribution in [0.4, 0.5) is 5.95 Å². The van der Waals surface area contributed by atoms with Gasteiger partial charge in [0.05, 0.1) is 33.4 Å². The molecular weight excluding hydrogens is 236 g/mol. The van der Waals surface area contributed by atoms with Crippen LogP contribution in [0, 0.1) is 0 Å². The summed E-state index contributed by atoms with van der Waals surface area (Å²) >= 11 is 0. The Bertz CT molecular complexity index is 563. The summed E-state index contributed by atoms with van der Waals surface area (Å²) in [6.45, 7) is 2.84. The molecule has 3 heterocycles. The molecule has 8 nitrogen and oxygen atoms in total. The Morgan fingerprint density at radius 3 is 2.83 bits per heavy atom. The number of imidazole rings is 1. The van der Waals surface area contributed by atoms with Crippen molar-refractivity contribution in [2.45, 2.75) is 0 Å². The van der Waals surface area contributed by atoms with E-state index in [1.807, 2.05) is 0 Å². The van der Waals surface area contributed by atoms with Gasteiger partial charge in [-0.15, -0.1) is 0 Å². The van der Waals surface area contributed by atoms with Crippen LogP contribution in [0.25, 0.3) is 11.2 Å². The summed E-state index contributed by atoms with van der Waals surface area (Å²) < 4.78 is 12.3. The Hall–Kier alpha value is -2.09. The molecule has 0 radical (unpaired) electrons. The van der Waals surface area contributed by atoms with Crippen LogP contribution in [-0.2, 0) is 4.74 Å². The molecule has 2 aromatic rings. The van der Waals surface area contributed by atoms with Gasteiger partial charge in [-0.2, -0.15) is 4.98 Å². The highest BCUT2D eigenvalue weighted by molar-refractivity contribution is 5.79. The number of rotatable bonds is 2. The van der Waals surface area contributed by atoms with Crippen molar-refractivity contribution in [3.63, 3.8) is 0 Å². The summed E-state index contributed by atoms with van der Waals surface area (Å²) in [6.07, 6.45) is 1.44. The number of nitrogens with zero attached hydrogens (tertiary/aromatic N) is 5. The van der Waals surface area contributed by atoms with Gasteiger partial charge in [-0.05, 0) is 0 Å². The molecule has 96 valence electrons. The summed E-state index contributed by atoms with van der Waals surface area (Å²) in [4.78, 5) is 12.5. The molecule has 2 N–H and O–H groups in total. The molecular formula is C10H14N6O2. The van der Waals surface area contributed by atoms with Crippen LogP contribution in [-0.4, -0.2) is 53.0 Å². The Balaban J connectivity index is 2.13. The molecule has 1 fully saturated rings. The van der Waals surface area contributed by atoms with E-state index in [1.54, 1.807) is 11.8 Å². The van der Waals surface area contributed by atoms with Crippen LogP contribution in [0.2, 0.25) is 0 Å². The molecule has 0 unspecified atom stereocenters. The second kappa shape index (κ2) is 4.30. The lowest BCUT2D eigenvalue weighted by Crippen LogP contribution is -2.44. The van der Waals surface area contributed by atoms with Gasteiger partial charge in [-0.3, -0.25) is 0 Å². The lowest BCUT2D eigenvalue weighted by Gasteiger charge is -2.29. The topological polar surface area (TPSA) is 91.3 Å². The van der Waals surface area contributed by atoms with Crippen LogP contribution >= 0.6 is 0 Å². The molecule has 1 saturated heterocycles. The van der Waals surface area contributed by atoms with Gasteiger partial charge in [0, 0.05) is 0 Å². The Kier molecular flexibility index (Phi) is 2.63. The average molecular weight is 250 g/mol. The normalized spacial score (nSPS) is 16.2. The molecule has 0 amide bonds. The molecule has 0 atom stereocenters. The van der Waals surface area contributed by atoms with Gasteiger partial charge >= 0.3 is 0 Å². The van der Waals surface area contributed by atoms with Gasteiger partial charge in [0.15, 0.2) is 11.2 Å². The Labute approximate surface area is 103 Å². The number of aromatic nitrogens is 4. The number of ether oxygens (including phenoxy) is 2. The fourth-order valence-corrected chi connectivity index (χ4v) is 2.06. The van der Waals surface area contributed by atoms with Crippen molar-refractivity contribution < 1.29 is 9.47 Å². The van der Waals surface area contributed by atoms with Gasteiger partial charge in [0.25, 0.3) is 0 Å². The third-order valence-electron chi connectivity index (χ3n) is 2.88. The highest BCUT2D eigenvalue weighted by atomic mass is 16.5. The van der Waals surface area contributed by atoms with E-state index in [2.05, 4.69) is 20.0 Å². The van der Waals surface area contributed by atoms with Crippen LogP contribution in [0.15, 0.2) is 6.33 Å². The minimum Gasteiger partial charge on any atom is -0.479 e. The lowest BCUT2D eigenvalue weighted by molar-refractivity contribution is 0.112. The van der Waals surface area contributed by atoms with Crippen LogP contribution < -0.4 is 15.5 Å². The van der Waals surface area contributed by atoms with E-state index >= 15 is 0 Å². The first kappa shape index (κ1) is 11.0. The SMILES string of the molecule is COc1ncnc2c1nc(N)n2N1CCOCC1. The van der Waals surface area contributed by atoms with Crippen molar-refractivity contribution >= 4 is 17.1 Å². The smallest absolute Gasteiger partial charge is 0.245 e. The Morgan fingerprint density at radius 1 is 1.33 bits per heavy atom. The summed E-state index contributed by atoms with van der Waals surface area (Å²) in [7, 11) is 1.55. The summed E-state index contributed by atoms with van der Waals surface area (Å²) in [5, 5.41) is 2.06. The summed E-state index contributed by atoms with van der Waals surface area (Å²) in [5.41, 5.74) is 7.18. The number of hydrogen-bond donors (Lipinski definition) is 1. The zero-order valence-electron chi connectivity index (χ0n) is 10.0. The van der Waals surface area contributed by atoms with E-state index in [4.69, 9.17) is 15.2 Å². The first-order chi connectivity index (χ1) is 8.81. The minimum absolute atomic E-state index is 0.380. The second-order valence-corrected chi connectivity index (χ2v) is 3.90. The maximum Gasteiger partial charge on any atom is 0.245 e. The quantitative estimate of drug-likeness (QED) is 0.759. The molecule has 0 spiro atoms. The third kappa shape index (κ3) is 1.61. The van der Waals surface area contributed by atoms with Gasteiger partial charge in [-0.25, -0.2) is 14.6 Å². The second-order valence-electron chi connectivity index (χ2n) is 3.90. The highest BCUT2D eigenvalue weighted by Gasteiger charge is 2.20. The van der Waals surface area contributed by atoms with Crippen LogP contribution in [0.5, 0.6) is 5.88 Å². The number of nitrogen functional groups attached to an aromatic ring is 1. The molecule has 1 aliphatic rings. The van der Waals surface area contributed by atoms with Gasteiger partial charge in [0.2, 0.25) is 11.8 Å². The first-order valence-corrected chi connectivity index (χ1v) is 5.67. The van der Waals surface area contributed by atoms with E-state index in [1.165, 1.54) is 6.33 Å². The summed E-state index contributed by atoms with van der Waals surface area (Å²) in [6, 6.07) is 0. The number of nitrogens with two attached hydrogens (primary N) is 1. The molecule has 18 heavy (non-hydrogen) atoms. The van der Waals surface area contributed by atoms with Crippen molar-refractivity contribution in [3.8, 4) is 5.88 Å². The number of hydrogen-bond acceptors (Lipinski definition) is 7. The maximum absolute atomic E-state index is 5.95.